The molecule has 4 aromatic heterocycles. The molecule has 0 bridgehead atoms. The minimum atomic E-state index is 0.626. The largest absolute Gasteiger partial charge is 0.316 e. The quantitative estimate of drug-likeness (QED) is 0.161. The van der Waals surface area contributed by atoms with Gasteiger partial charge in [0.1, 0.15) is 0 Å². The van der Waals surface area contributed by atoms with Crippen LogP contribution in [-0.4, -0.2) is 28.7 Å². The highest BCUT2D eigenvalue weighted by molar-refractivity contribution is 6.19. The van der Waals surface area contributed by atoms with Gasteiger partial charge in [-0.3, -0.25) is 0 Å². The summed E-state index contributed by atoms with van der Waals surface area (Å²) < 4.78 is 7.07. The van der Waals surface area contributed by atoms with Crippen LogP contribution in [0.25, 0.3) is 117 Å². The fraction of sp³-hybridized carbons (Fsp3) is 0. The van der Waals surface area contributed by atoms with Crippen LogP contribution in [0.3, 0.4) is 0 Å². The van der Waals surface area contributed by atoms with E-state index in [1.54, 1.807) is 0 Å². The molecule has 0 amide bonds. The van der Waals surface area contributed by atoms with E-state index in [1.165, 1.54) is 54.6 Å². The van der Waals surface area contributed by atoms with Crippen LogP contribution >= 0.6 is 0 Å². The van der Waals surface area contributed by atoms with Gasteiger partial charge in [0.25, 0.3) is 0 Å². The molecule has 6 heteroatoms. The second-order valence-electron chi connectivity index (χ2n) is 16.5. The molecule has 13 rings (SSSR count). The Balaban J connectivity index is 0.950. The van der Waals surface area contributed by atoms with Crippen molar-refractivity contribution in [2.75, 3.05) is 0 Å². The van der Waals surface area contributed by atoms with Gasteiger partial charge in [0.15, 0.2) is 17.5 Å². The lowest BCUT2D eigenvalue weighted by Crippen LogP contribution is -2.01. The zero-order valence-corrected chi connectivity index (χ0v) is 35.1. The molecule has 0 unspecified atom stereocenters. The van der Waals surface area contributed by atoms with Gasteiger partial charge >= 0.3 is 0 Å². The zero-order chi connectivity index (χ0) is 42.8. The predicted octanol–water partition coefficient (Wildman–Crippen LogP) is 14.7. The Morgan fingerprint density at radius 3 is 1.42 bits per heavy atom. The highest BCUT2D eigenvalue weighted by Gasteiger charge is 2.20. The lowest BCUT2D eigenvalue weighted by molar-refractivity contribution is 1.07. The maximum absolute atomic E-state index is 5.05. The van der Waals surface area contributed by atoms with Crippen molar-refractivity contribution >= 4 is 54.5 Å². The van der Waals surface area contributed by atoms with Crippen molar-refractivity contribution < 1.29 is 0 Å². The highest BCUT2D eigenvalue weighted by Crippen LogP contribution is 2.41. The Labute approximate surface area is 374 Å². The summed E-state index contributed by atoms with van der Waals surface area (Å²) >= 11 is 0. The van der Waals surface area contributed by atoms with Gasteiger partial charge in [-0.05, 0) is 90.0 Å². The zero-order valence-electron chi connectivity index (χ0n) is 35.1. The van der Waals surface area contributed by atoms with E-state index >= 15 is 0 Å². The average molecular weight is 831 g/mol. The van der Waals surface area contributed by atoms with E-state index in [9.17, 15) is 0 Å². The molecule has 0 atom stereocenters. The molecule has 9 aromatic carbocycles. The molecule has 0 saturated heterocycles. The number of para-hydroxylation sites is 3. The summed E-state index contributed by atoms with van der Waals surface area (Å²) in [4.78, 5) is 15.0. The van der Waals surface area contributed by atoms with Crippen molar-refractivity contribution in [3.63, 3.8) is 0 Å². The first-order chi connectivity index (χ1) is 32.2. The number of hydrogen-bond donors (Lipinski definition) is 0. The normalized spacial score (nSPS) is 11.7. The molecule has 0 aliphatic carbocycles. The molecular weight excluding hydrogens is 793 g/mol. The summed E-state index contributed by atoms with van der Waals surface area (Å²) in [6, 6.07) is 79.5. The van der Waals surface area contributed by atoms with E-state index in [0.717, 1.165) is 44.8 Å². The van der Waals surface area contributed by atoms with Gasteiger partial charge in [-0.2, -0.15) is 0 Å². The molecule has 0 fully saturated rings. The first-order valence-electron chi connectivity index (χ1n) is 21.9. The fourth-order valence-corrected chi connectivity index (χ4v) is 9.72. The highest BCUT2D eigenvalue weighted by atomic mass is 15.0. The lowest BCUT2D eigenvalue weighted by atomic mass is 10.0. The molecule has 0 saturated carbocycles. The van der Waals surface area contributed by atoms with Gasteiger partial charge in [-0.1, -0.05) is 146 Å². The van der Waals surface area contributed by atoms with Crippen molar-refractivity contribution in [2.24, 2.45) is 0 Å². The Kier molecular flexibility index (Phi) is 8.42. The molecule has 4 heterocycles. The monoisotopic (exact) mass is 830 g/mol. The maximum atomic E-state index is 5.05. The molecule has 0 aliphatic heterocycles. The summed E-state index contributed by atoms with van der Waals surface area (Å²) in [6.07, 6.45) is 2.19. The van der Waals surface area contributed by atoms with Crippen molar-refractivity contribution in [2.45, 2.75) is 0 Å². The van der Waals surface area contributed by atoms with Crippen LogP contribution in [0.15, 0.2) is 231 Å². The number of fused-ring (bicyclic) bond motifs is 8. The smallest absolute Gasteiger partial charge is 0.164 e. The molecule has 0 spiro atoms. The van der Waals surface area contributed by atoms with E-state index in [0.29, 0.717) is 17.5 Å². The van der Waals surface area contributed by atoms with Crippen LogP contribution in [0.1, 0.15) is 0 Å². The van der Waals surface area contributed by atoms with E-state index in [2.05, 4.69) is 184 Å². The molecule has 65 heavy (non-hydrogen) atoms. The van der Waals surface area contributed by atoms with Crippen LogP contribution in [0.2, 0.25) is 0 Å². The van der Waals surface area contributed by atoms with Gasteiger partial charge in [0, 0.05) is 66.9 Å². The Morgan fingerprint density at radius 2 is 0.754 bits per heavy atom. The minimum Gasteiger partial charge on any atom is -0.316 e. The Morgan fingerprint density at radius 1 is 0.262 bits per heavy atom. The van der Waals surface area contributed by atoms with Crippen LogP contribution in [0.4, 0.5) is 0 Å². The molecule has 6 nitrogen and oxygen atoms in total. The standard InChI is InChI=1S/C59H38N6/c1-5-16-39(17-6-1)57-60-58(40-18-7-2-8-19-40)62-59(61-57)43-20-15-25-46(36-43)64-53-27-14-13-26-47(53)50-37-41(28-31-54(50)64)42-29-32-55-51(38-42)48-30-33-52-49(34-35-63(52)44-21-9-3-10-22-44)56(48)65(55)45-23-11-4-12-24-45/h1-38H. The molecule has 0 N–H and O–H groups in total. The number of benzene rings is 9. The van der Waals surface area contributed by atoms with E-state index in [4.69, 9.17) is 15.0 Å². The first-order valence-corrected chi connectivity index (χ1v) is 21.9. The fourth-order valence-electron chi connectivity index (χ4n) is 9.72. The number of rotatable bonds is 7. The van der Waals surface area contributed by atoms with Crippen molar-refractivity contribution in [1.82, 2.24) is 28.7 Å². The third kappa shape index (κ3) is 6.07. The summed E-state index contributed by atoms with van der Waals surface area (Å²) in [5.41, 5.74) is 14.3. The van der Waals surface area contributed by atoms with Crippen LogP contribution < -0.4 is 0 Å². The van der Waals surface area contributed by atoms with Gasteiger partial charge in [0.05, 0.1) is 27.6 Å². The second kappa shape index (κ2) is 14.9. The number of aromatic nitrogens is 6. The van der Waals surface area contributed by atoms with Gasteiger partial charge < -0.3 is 13.7 Å². The molecule has 13 aromatic rings. The summed E-state index contributed by atoms with van der Waals surface area (Å²) in [6.45, 7) is 0. The topological polar surface area (TPSA) is 53.5 Å². The van der Waals surface area contributed by atoms with Crippen LogP contribution in [-0.2, 0) is 0 Å². The molecule has 304 valence electrons. The van der Waals surface area contributed by atoms with Gasteiger partial charge in [0.2, 0.25) is 0 Å². The van der Waals surface area contributed by atoms with Crippen LogP contribution in [0.5, 0.6) is 0 Å². The Bertz CT molecular complexity index is 3870. The summed E-state index contributed by atoms with van der Waals surface area (Å²) in [5.74, 6) is 1.91. The van der Waals surface area contributed by atoms with Gasteiger partial charge in [-0.15, -0.1) is 0 Å². The number of nitrogens with zero attached hydrogens (tertiary/aromatic N) is 6. The second-order valence-corrected chi connectivity index (χ2v) is 16.5. The summed E-state index contributed by atoms with van der Waals surface area (Å²) in [5, 5.41) is 6.05. The van der Waals surface area contributed by atoms with E-state index in [1.807, 2.05) is 60.7 Å². The van der Waals surface area contributed by atoms with Crippen molar-refractivity contribution in [1.29, 1.82) is 0 Å². The third-order valence-corrected chi connectivity index (χ3v) is 12.7. The SMILES string of the molecule is c1ccc(-c2nc(-c3ccccc3)nc(-c3cccc(-n4c5ccccc5c5cc(-c6ccc7c(c6)c6ccc8c(ccn8-c8ccccc8)c6n7-c6ccccc6)ccc54)c3)n2)cc1. The molecule has 0 aliphatic rings. The molecular formula is C59H38N6. The third-order valence-electron chi connectivity index (χ3n) is 12.7. The van der Waals surface area contributed by atoms with Crippen molar-refractivity contribution in [3.05, 3.63) is 231 Å². The maximum Gasteiger partial charge on any atom is 0.164 e. The predicted molar refractivity (Wildman–Crippen MR) is 267 cm³/mol. The lowest BCUT2D eigenvalue weighted by Gasteiger charge is -2.12. The average Bonchev–Trinajstić information content (AvgIpc) is 4.07. The number of hydrogen-bond acceptors (Lipinski definition) is 3. The van der Waals surface area contributed by atoms with E-state index in [-0.39, 0.29) is 0 Å². The first kappa shape index (κ1) is 36.8. The van der Waals surface area contributed by atoms with Crippen molar-refractivity contribution in [3.8, 4) is 62.4 Å². The van der Waals surface area contributed by atoms with E-state index < -0.39 is 0 Å². The van der Waals surface area contributed by atoms with Gasteiger partial charge in [-0.25, -0.2) is 15.0 Å². The van der Waals surface area contributed by atoms with Crippen LogP contribution in [0, 0.1) is 0 Å². The molecule has 0 radical (unpaired) electrons. The minimum absolute atomic E-state index is 0.626. The Hall–Kier alpha value is -8.87. The summed E-state index contributed by atoms with van der Waals surface area (Å²) in [7, 11) is 0.